The first-order valence-corrected chi connectivity index (χ1v) is 8.08. The van der Waals surface area contributed by atoms with Crippen LogP contribution < -0.4 is 10.6 Å². The normalized spacial score (nSPS) is 11.1. The van der Waals surface area contributed by atoms with E-state index >= 15 is 0 Å². The zero-order valence-electron chi connectivity index (χ0n) is 14.3. The molecule has 0 saturated heterocycles. The van der Waals surface area contributed by atoms with E-state index in [1.54, 1.807) is 18.2 Å². The molecule has 4 nitrogen and oxygen atoms in total. The van der Waals surface area contributed by atoms with Gasteiger partial charge in [0.15, 0.2) is 0 Å². The van der Waals surface area contributed by atoms with Crippen LogP contribution in [0.2, 0.25) is 0 Å². The summed E-state index contributed by atoms with van der Waals surface area (Å²) in [5.74, 6) is -0.331. The maximum Gasteiger partial charge on any atom is 0.416 e. The predicted molar refractivity (Wildman–Crippen MR) is 98.1 cm³/mol. The highest BCUT2D eigenvalue weighted by Gasteiger charge is 2.29. The van der Waals surface area contributed by atoms with Crippen molar-refractivity contribution in [3.05, 3.63) is 83.7 Å². The van der Waals surface area contributed by atoms with Crippen LogP contribution in [0.4, 0.5) is 30.2 Å². The molecule has 2 aromatic carbocycles. The fraction of sp³-hybridized carbons (Fsp3) is 0.100. The zero-order chi connectivity index (χ0) is 19.4. The number of halogens is 3. The molecule has 0 spiro atoms. The molecule has 0 aliphatic rings. The van der Waals surface area contributed by atoms with Crippen LogP contribution in [0.3, 0.4) is 0 Å². The number of aromatic nitrogens is 1. The summed E-state index contributed by atoms with van der Waals surface area (Å²) >= 11 is 0. The van der Waals surface area contributed by atoms with E-state index in [-0.39, 0.29) is 5.91 Å². The minimum Gasteiger partial charge on any atom is -0.354 e. The van der Waals surface area contributed by atoms with Gasteiger partial charge in [0, 0.05) is 17.6 Å². The van der Waals surface area contributed by atoms with Crippen molar-refractivity contribution >= 4 is 23.0 Å². The molecule has 0 radical (unpaired) electrons. The molecule has 7 heteroatoms. The minimum absolute atomic E-state index is 0.326. The Morgan fingerprint density at radius 1 is 0.889 bits per heavy atom. The Kier molecular flexibility index (Phi) is 5.12. The first kappa shape index (κ1) is 18.4. The molecule has 0 bridgehead atoms. The quantitative estimate of drug-likeness (QED) is 0.645. The number of anilines is 3. The highest BCUT2D eigenvalue weighted by Crippen LogP contribution is 2.30. The molecule has 0 aliphatic heterocycles. The van der Waals surface area contributed by atoms with Gasteiger partial charge in [-0.25, -0.2) is 0 Å². The fourth-order valence-electron chi connectivity index (χ4n) is 2.38. The molecule has 1 amide bonds. The number of pyridine rings is 1. The largest absolute Gasteiger partial charge is 0.416 e. The minimum atomic E-state index is -4.38. The summed E-state index contributed by atoms with van der Waals surface area (Å²) in [6.07, 6.45) is -1.48. The zero-order valence-corrected chi connectivity index (χ0v) is 14.3. The van der Waals surface area contributed by atoms with Crippen LogP contribution in [-0.2, 0) is 6.18 Å². The number of nitrogens with zero attached hydrogens (tertiary/aromatic N) is 1. The Balaban J connectivity index is 1.71. The van der Waals surface area contributed by atoms with Gasteiger partial charge in [0.2, 0.25) is 0 Å². The molecule has 0 aliphatic carbocycles. The van der Waals surface area contributed by atoms with Crippen molar-refractivity contribution < 1.29 is 18.0 Å². The van der Waals surface area contributed by atoms with Gasteiger partial charge >= 0.3 is 6.18 Å². The van der Waals surface area contributed by atoms with Crippen molar-refractivity contribution in [2.75, 3.05) is 10.6 Å². The molecule has 2 N–H and O–H groups in total. The highest BCUT2D eigenvalue weighted by atomic mass is 19.4. The third-order valence-corrected chi connectivity index (χ3v) is 3.81. The van der Waals surface area contributed by atoms with Crippen LogP contribution in [0.25, 0.3) is 0 Å². The smallest absolute Gasteiger partial charge is 0.354 e. The molecule has 0 atom stereocenters. The van der Waals surface area contributed by atoms with E-state index in [2.05, 4.69) is 15.6 Å². The van der Waals surface area contributed by atoms with Crippen molar-refractivity contribution in [1.29, 1.82) is 0 Å². The van der Waals surface area contributed by atoms with E-state index in [9.17, 15) is 18.0 Å². The Morgan fingerprint density at radius 3 is 2.15 bits per heavy atom. The number of nitrogens with one attached hydrogen (secondary N) is 2. The Labute approximate surface area is 154 Å². The third-order valence-electron chi connectivity index (χ3n) is 3.81. The first-order valence-electron chi connectivity index (χ1n) is 8.08. The number of alkyl halides is 3. The average Bonchev–Trinajstić information content (AvgIpc) is 2.63. The van der Waals surface area contributed by atoms with Gasteiger partial charge in [-0.1, -0.05) is 17.7 Å². The second-order valence-corrected chi connectivity index (χ2v) is 5.98. The molecule has 0 unspecified atom stereocenters. The van der Waals surface area contributed by atoms with Crippen molar-refractivity contribution in [2.45, 2.75) is 13.1 Å². The molecule has 0 saturated carbocycles. The number of rotatable bonds is 4. The number of amides is 1. The molecular formula is C20H16F3N3O. The van der Waals surface area contributed by atoms with E-state index in [0.29, 0.717) is 22.6 Å². The van der Waals surface area contributed by atoms with Crippen LogP contribution in [-0.4, -0.2) is 10.9 Å². The van der Waals surface area contributed by atoms with Crippen LogP contribution in [0.15, 0.2) is 67.0 Å². The second kappa shape index (κ2) is 7.49. The van der Waals surface area contributed by atoms with Gasteiger partial charge in [-0.05, 0) is 49.4 Å². The van der Waals surface area contributed by atoms with E-state index < -0.39 is 11.7 Å². The van der Waals surface area contributed by atoms with Crippen molar-refractivity contribution in [1.82, 2.24) is 4.98 Å². The van der Waals surface area contributed by atoms with Gasteiger partial charge in [0.1, 0.15) is 0 Å². The van der Waals surface area contributed by atoms with E-state index in [1.807, 2.05) is 19.1 Å². The van der Waals surface area contributed by atoms with Crippen LogP contribution in [0.5, 0.6) is 0 Å². The van der Waals surface area contributed by atoms with Gasteiger partial charge in [0.25, 0.3) is 5.91 Å². The molecule has 3 aromatic rings. The average molecular weight is 371 g/mol. The monoisotopic (exact) mass is 371 g/mol. The topological polar surface area (TPSA) is 54.0 Å². The second-order valence-electron chi connectivity index (χ2n) is 5.98. The lowest BCUT2D eigenvalue weighted by atomic mass is 10.2. The SMILES string of the molecule is Cc1ccc(NC(=O)c2cncc(Nc3ccc(C(F)(F)F)cc3)c2)cc1. The molecule has 0 fully saturated rings. The summed E-state index contributed by atoms with van der Waals surface area (Å²) in [6, 6.07) is 13.6. The number of carbonyl (C=O) groups excluding carboxylic acids is 1. The van der Waals surface area contributed by atoms with Gasteiger partial charge in [-0.15, -0.1) is 0 Å². The van der Waals surface area contributed by atoms with Gasteiger partial charge < -0.3 is 10.6 Å². The summed E-state index contributed by atoms with van der Waals surface area (Å²) < 4.78 is 37.8. The highest BCUT2D eigenvalue weighted by molar-refractivity contribution is 6.04. The molecule has 138 valence electrons. The Bertz CT molecular complexity index is 936. The molecular weight excluding hydrogens is 355 g/mol. The van der Waals surface area contributed by atoms with E-state index in [0.717, 1.165) is 17.7 Å². The lowest BCUT2D eigenvalue weighted by molar-refractivity contribution is -0.137. The lowest BCUT2D eigenvalue weighted by Gasteiger charge is -2.10. The third kappa shape index (κ3) is 4.84. The van der Waals surface area contributed by atoms with Crippen LogP contribution >= 0.6 is 0 Å². The van der Waals surface area contributed by atoms with Gasteiger partial charge in [-0.3, -0.25) is 9.78 Å². The maximum atomic E-state index is 12.6. The summed E-state index contributed by atoms with van der Waals surface area (Å²) in [6.45, 7) is 1.95. The molecule has 27 heavy (non-hydrogen) atoms. The van der Waals surface area contributed by atoms with Gasteiger partial charge in [-0.2, -0.15) is 13.2 Å². The number of benzene rings is 2. The molecule has 3 rings (SSSR count). The number of carbonyl (C=O) groups is 1. The molecule has 1 heterocycles. The summed E-state index contributed by atoms with van der Waals surface area (Å²) in [5, 5.41) is 5.71. The number of hydrogen-bond acceptors (Lipinski definition) is 3. The summed E-state index contributed by atoms with van der Waals surface area (Å²) in [7, 11) is 0. The van der Waals surface area contributed by atoms with Gasteiger partial charge in [0.05, 0.1) is 23.0 Å². The summed E-state index contributed by atoms with van der Waals surface area (Å²) in [4.78, 5) is 16.4. The number of aryl methyl sites for hydroxylation is 1. The number of hydrogen-bond donors (Lipinski definition) is 2. The Morgan fingerprint density at radius 2 is 1.52 bits per heavy atom. The summed E-state index contributed by atoms with van der Waals surface area (Å²) in [5.41, 5.74) is 2.29. The van der Waals surface area contributed by atoms with Crippen LogP contribution in [0, 0.1) is 6.92 Å². The van der Waals surface area contributed by atoms with Crippen molar-refractivity contribution in [2.24, 2.45) is 0 Å². The van der Waals surface area contributed by atoms with Crippen molar-refractivity contribution in [3.63, 3.8) is 0 Å². The van der Waals surface area contributed by atoms with E-state index in [4.69, 9.17) is 0 Å². The predicted octanol–water partition coefficient (Wildman–Crippen LogP) is 5.40. The first-order chi connectivity index (χ1) is 12.8. The Hall–Kier alpha value is -3.35. The van der Waals surface area contributed by atoms with E-state index in [1.165, 1.54) is 24.5 Å². The maximum absolute atomic E-state index is 12.6. The van der Waals surface area contributed by atoms with Crippen molar-refractivity contribution in [3.8, 4) is 0 Å². The standard InChI is InChI=1S/C20H16F3N3O/c1-13-2-6-17(7-3-13)26-19(27)14-10-18(12-24-11-14)25-16-8-4-15(5-9-16)20(21,22)23/h2-12,25H,1H3,(H,26,27). The molecule has 1 aromatic heterocycles. The fourth-order valence-corrected chi connectivity index (χ4v) is 2.38. The lowest BCUT2D eigenvalue weighted by Crippen LogP contribution is -2.12. The van der Waals surface area contributed by atoms with Crippen LogP contribution in [0.1, 0.15) is 21.5 Å².